The second-order valence-electron chi connectivity index (χ2n) is 8.13. The van der Waals surface area contributed by atoms with Gasteiger partial charge >= 0.3 is 6.03 Å². The summed E-state index contributed by atoms with van der Waals surface area (Å²) in [6.07, 6.45) is 0.613. The van der Waals surface area contributed by atoms with Gasteiger partial charge in [0.15, 0.2) is 0 Å². The SMILES string of the molecule is CNC(=O)c1cc(Oc2cc(NC(=O)NCC(O)c3cccc(OC(C)C)c3)ccc2C)ccn1. The molecule has 1 atom stereocenters. The van der Waals surface area contributed by atoms with Crippen LogP contribution in [-0.2, 0) is 0 Å². The smallest absolute Gasteiger partial charge is 0.319 e. The Morgan fingerprint density at radius 1 is 1.06 bits per heavy atom. The summed E-state index contributed by atoms with van der Waals surface area (Å²) < 4.78 is 11.6. The number of rotatable bonds is 9. The predicted molar refractivity (Wildman–Crippen MR) is 133 cm³/mol. The monoisotopic (exact) mass is 478 g/mol. The van der Waals surface area contributed by atoms with Gasteiger partial charge in [0, 0.05) is 37.6 Å². The zero-order valence-electron chi connectivity index (χ0n) is 20.2. The number of aliphatic hydroxyl groups is 1. The van der Waals surface area contributed by atoms with Crippen molar-refractivity contribution in [3.05, 3.63) is 77.6 Å². The predicted octanol–water partition coefficient (Wildman–Crippen LogP) is 4.18. The minimum absolute atomic E-state index is 0.0193. The molecule has 0 saturated carbocycles. The van der Waals surface area contributed by atoms with Crippen molar-refractivity contribution in [2.24, 2.45) is 0 Å². The number of hydrogen-bond acceptors (Lipinski definition) is 6. The van der Waals surface area contributed by atoms with Crippen molar-refractivity contribution in [2.75, 3.05) is 18.9 Å². The van der Waals surface area contributed by atoms with E-state index >= 15 is 0 Å². The van der Waals surface area contributed by atoms with Crippen LogP contribution in [0.4, 0.5) is 10.5 Å². The Morgan fingerprint density at radius 3 is 2.60 bits per heavy atom. The van der Waals surface area contributed by atoms with E-state index in [-0.39, 0.29) is 24.2 Å². The van der Waals surface area contributed by atoms with Crippen molar-refractivity contribution >= 4 is 17.6 Å². The number of aliphatic hydroxyl groups excluding tert-OH is 1. The molecule has 0 aliphatic rings. The summed E-state index contributed by atoms with van der Waals surface area (Å²) >= 11 is 0. The molecule has 0 radical (unpaired) electrons. The molecule has 3 aromatic rings. The van der Waals surface area contributed by atoms with Gasteiger partial charge in [-0.2, -0.15) is 0 Å². The molecular weight excluding hydrogens is 448 g/mol. The summed E-state index contributed by atoms with van der Waals surface area (Å²) in [5.41, 5.74) is 2.22. The van der Waals surface area contributed by atoms with Crippen molar-refractivity contribution in [1.82, 2.24) is 15.6 Å². The second kappa shape index (κ2) is 11.8. The van der Waals surface area contributed by atoms with Gasteiger partial charge in [0.1, 0.15) is 22.9 Å². The molecule has 0 spiro atoms. The maximum absolute atomic E-state index is 12.4. The number of anilines is 1. The number of benzene rings is 2. The van der Waals surface area contributed by atoms with Gasteiger partial charge in [0.05, 0.1) is 12.2 Å². The lowest BCUT2D eigenvalue weighted by Gasteiger charge is -2.16. The number of nitrogens with one attached hydrogen (secondary N) is 3. The largest absolute Gasteiger partial charge is 0.491 e. The van der Waals surface area contributed by atoms with Crippen LogP contribution in [0.2, 0.25) is 0 Å². The molecule has 0 aliphatic heterocycles. The van der Waals surface area contributed by atoms with Gasteiger partial charge in [-0.1, -0.05) is 18.2 Å². The second-order valence-corrected chi connectivity index (χ2v) is 8.13. The van der Waals surface area contributed by atoms with Gasteiger partial charge < -0.3 is 30.5 Å². The highest BCUT2D eigenvalue weighted by Crippen LogP contribution is 2.28. The third-order valence-corrected chi connectivity index (χ3v) is 4.94. The van der Waals surface area contributed by atoms with Gasteiger partial charge in [-0.3, -0.25) is 9.78 Å². The average Bonchev–Trinajstić information content (AvgIpc) is 2.84. The number of nitrogens with zero attached hydrogens (tertiary/aromatic N) is 1. The van der Waals surface area contributed by atoms with Crippen molar-refractivity contribution in [1.29, 1.82) is 0 Å². The van der Waals surface area contributed by atoms with E-state index in [2.05, 4.69) is 20.9 Å². The van der Waals surface area contributed by atoms with Crippen LogP contribution in [0, 0.1) is 6.92 Å². The summed E-state index contributed by atoms with van der Waals surface area (Å²) in [4.78, 5) is 28.2. The van der Waals surface area contributed by atoms with Crippen LogP contribution in [0.3, 0.4) is 0 Å². The number of carbonyl (C=O) groups is 2. The summed E-state index contributed by atoms with van der Waals surface area (Å²) in [6.45, 7) is 5.74. The number of urea groups is 1. The summed E-state index contributed by atoms with van der Waals surface area (Å²) in [7, 11) is 1.53. The molecule has 0 saturated heterocycles. The minimum atomic E-state index is -0.894. The van der Waals surface area contributed by atoms with Crippen LogP contribution >= 0.6 is 0 Å². The maximum Gasteiger partial charge on any atom is 0.319 e. The number of amides is 3. The molecule has 1 heterocycles. The zero-order valence-corrected chi connectivity index (χ0v) is 20.2. The Labute approximate surface area is 204 Å². The minimum Gasteiger partial charge on any atom is -0.491 e. The van der Waals surface area contributed by atoms with E-state index in [1.165, 1.54) is 19.3 Å². The van der Waals surface area contributed by atoms with Crippen LogP contribution in [0.15, 0.2) is 60.8 Å². The molecule has 184 valence electrons. The van der Waals surface area contributed by atoms with E-state index in [0.717, 1.165) is 5.56 Å². The topological polar surface area (TPSA) is 122 Å². The lowest BCUT2D eigenvalue weighted by Crippen LogP contribution is -2.32. The van der Waals surface area contributed by atoms with E-state index in [4.69, 9.17) is 9.47 Å². The van der Waals surface area contributed by atoms with Gasteiger partial charge in [-0.05, 0) is 56.2 Å². The molecule has 1 unspecified atom stereocenters. The number of aromatic nitrogens is 1. The quantitative estimate of drug-likeness (QED) is 0.366. The van der Waals surface area contributed by atoms with Crippen LogP contribution < -0.4 is 25.4 Å². The van der Waals surface area contributed by atoms with Crippen LogP contribution in [-0.4, -0.2) is 41.7 Å². The van der Waals surface area contributed by atoms with Crippen molar-refractivity contribution in [3.8, 4) is 17.2 Å². The molecule has 3 rings (SSSR count). The summed E-state index contributed by atoms with van der Waals surface area (Å²) in [6, 6.07) is 15.1. The zero-order chi connectivity index (χ0) is 25.4. The lowest BCUT2D eigenvalue weighted by atomic mass is 10.1. The fourth-order valence-electron chi connectivity index (χ4n) is 3.19. The molecule has 35 heavy (non-hydrogen) atoms. The Morgan fingerprint density at radius 2 is 1.86 bits per heavy atom. The van der Waals surface area contributed by atoms with Gasteiger partial charge in [-0.25, -0.2) is 4.79 Å². The fraction of sp³-hybridized carbons (Fsp3) is 0.269. The van der Waals surface area contributed by atoms with E-state index in [1.54, 1.807) is 42.5 Å². The molecule has 3 amide bonds. The number of pyridine rings is 1. The first-order valence-electron chi connectivity index (χ1n) is 11.2. The van der Waals surface area contributed by atoms with Crippen LogP contribution in [0.5, 0.6) is 17.2 Å². The molecule has 2 aromatic carbocycles. The Balaban J connectivity index is 1.60. The van der Waals surface area contributed by atoms with E-state index < -0.39 is 12.1 Å². The van der Waals surface area contributed by atoms with E-state index in [1.807, 2.05) is 26.8 Å². The van der Waals surface area contributed by atoms with Crippen molar-refractivity contribution in [2.45, 2.75) is 33.0 Å². The lowest BCUT2D eigenvalue weighted by molar-refractivity contribution is 0.0957. The molecule has 4 N–H and O–H groups in total. The Hall–Kier alpha value is -4.11. The number of ether oxygens (including phenoxy) is 2. The van der Waals surface area contributed by atoms with Crippen molar-refractivity contribution in [3.63, 3.8) is 0 Å². The molecule has 9 heteroatoms. The number of hydrogen-bond donors (Lipinski definition) is 4. The Kier molecular flexibility index (Phi) is 8.63. The molecule has 0 bridgehead atoms. The normalized spacial score (nSPS) is 11.5. The van der Waals surface area contributed by atoms with Crippen LogP contribution in [0.25, 0.3) is 0 Å². The highest BCUT2D eigenvalue weighted by atomic mass is 16.5. The Bertz CT molecular complexity index is 1180. The molecule has 9 nitrogen and oxygen atoms in total. The first-order valence-corrected chi connectivity index (χ1v) is 11.2. The third kappa shape index (κ3) is 7.44. The molecule has 0 aliphatic carbocycles. The van der Waals surface area contributed by atoms with Gasteiger partial charge in [0.2, 0.25) is 0 Å². The first kappa shape index (κ1) is 25.5. The molecule has 1 aromatic heterocycles. The van der Waals surface area contributed by atoms with E-state index in [9.17, 15) is 14.7 Å². The van der Waals surface area contributed by atoms with Crippen molar-refractivity contribution < 1.29 is 24.2 Å². The molecule has 0 fully saturated rings. The number of aryl methyl sites for hydroxylation is 1. The number of carbonyl (C=O) groups excluding carboxylic acids is 2. The third-order valence-electron chi connectivity index (χ3n) is 4.94. The fourth-order valence-corrected chi connectivity index (χ4v) is 3.19. The maximum atomic E-state index is 12.4. The highest BCUT2D eigenvalue weighted by molar-refractivity contribution is 5.92. The van der Waals surface area contributed by atoms with Gasteiger partial charge in [-0.15, -0.1) is 0 Å². The standard InChI is InChI=1S/C26H30N4O5/c1-16(2)34-20-7-5-6-18(12-20)23(31)15-29-26(33)30-19-9-8-17(3)24(13-19)35-21-10-11-28-22(14-21)25(32)27-4/h5-14,16,23,31H,15H2,1-4H3,(H,27,32)(H2,29,30,33). The highest BCUT2D eigenvalue weighted by Gasteiger charge is 2.13. The average molecular weight is 479 g/mol. The molecular formula is C26H30N4O5. The van der Waals surface area contributed by atoms with E-state index in [0.29, 0.717) is 28.5 Å². The van der Waals surface area contributed by atoms with Crippen LogP contribution in [0.1, 0.15) is 41.6 Å². The van der Waals surface area contributed by atoms with Gasteiger partial charge in [0.25, 0.3) is 5.91 Å². The first-order chi connectivity index (χ1) is 16.7. The summed E-state index contributed by atoms with van der Waals surface area (Å²) in [5.74, 6) is 1.29. The summed E-state index contributed by atoms with van der Waals surface area (Å²) in [5, 5.41) is 18.4.